The van der Waals surface area contributed by atoms with Crippen molar-refractivity contribution in [2.75, 3.05) is 29.6 Å². The van der Waals surface area contributed by atoms with Crippen molar-refractivity contribution in [1.29, 1.82) is 0 Å². The molecule has 4 aromatic rings. The summed E-state index contributed by atoms with van der Waals surface area (Å²) in [6.07, 6.45) is 4.79. The number of halogens is 1. The summed E-state index contributed by atoms with van der Waals surface area (Å²) in [6.45, 7) is 6.74. The van der Waals surface area contributed by atoms with Gasteiger partial charge in [0.05, 0.1) is 35.4 Å². The van der Waals surface area contributed by atoms with Gasteiger partial charge in [-0.1, -0.05) is 17.7 Å². The fourth-order valence-corrected chi connectivity index (χ4v) is 5.58. The summed E-state index contributed by atoms with van der Waals surface area (Å²) in [7, 11) is -2.15. The Bertz CT molecular complexity index is 1880. The van der Waals surface area contributed by atoms with Gasteiger partial charge < -0.3 is 15.0 Å². The molecule has 0 aliphatic carbocycles. The van der Waals surface area contributed by atoms with Crippen molar-refractivity contribution < 1.29 is 17.9 Å². The third-order valence-electron chi connectivity index (χ3n) is 6.98. The fraction of sp³-hybridized carbons (Fsp3) is 0.357. The first-order valence-corrected chi connectivity index (χ1v) is 15.7. The number of hydrogen-bond acceptors (Lipinski definition) is 11. The van der Waals surface area contributed by atoms with Crippen molar-refractivity contribution in [1.82, 2.24) is 29.2 Å². The Morgan fingerprint density at radius 1 is 1.14 bits per heavy atom. The maximum absolute atomic E-state index is 13.6. The molecule has 1 aromatic carbocycles. The summed E-state index contributed by atoms with van der Waals surface area (Å²) in [6, 6.07) is 6.57. The molecule has 13 nitrogen and oxygen atoms in total. The van der Waals surface area contributed by atoms with Crippen LogP contribution in [-0.4, -0.2) is 64.3 Å². The molecular weight excluding hydrogens is 596 g/mol. The molecule has 1 aliphatic heterocycles. The number of ether oxygens (including phenoxy) is 1. The molecule has 0 radical (unpaired) electrons. The van der Waals surface area contributed by atoms with E-state index >= 15 is 0 Å². The summed E-state index contributed by atoms with van der Waals surface area (Å²) in [5, 5.41) is 3.69. The van der Waals surface area contributed by atoms with E-state index in [0.29, 0.717) is 47.9 Å². The maximum atomic E-state index is 13.6. The predicted octanol–water partition coefficient (Wildman–Crippen LogP) is 2.91. The van der Waals surface area contributed by atoms with Gasteiger partial charge in [0.15, 0.2) is 5.69 Å². The molecule has 226 valence electrons. The molecule has 0 bridgehead atoms. The van der Waals surface area contributed by atoms with Crippen LogP contribution < -0.4 is 25.2 Å². The molecule has 15 heteroatoms. The number of carbonyl (C=O) groups excluding carboxylic acids is 1. The van der Waals surface area contributed by atoms with Gasteiger partial charge in [0, 0.05) is 38.0 Å². The standard InChI is InChI=1S/C28H31ClN8O5S/c1-15-10-19(17(3)32-21-6-7-22(29)33-24(21)25(38)35-43(5,40)41)23-20(11-15)26(39)36(4)28(34-23)37-9-8-18(14-37)42-27-30-12-16(2)13-31-27/h6-7,10-13,17-18,32H,8-9,14H2,1-5H3,(H,35,38)/t17-,18-/m1/s1. The van der Waals surface area contributed by atoms with Crippen molar-refractivity contribution >= 4 is 50.1 Å². The molecule has 5 rings (SSSR count). The second-order valence-corrected chi connectivity index (χ2v) is 12.8. The average molecular weight is 627 g/mol. The fourth-order valence-electron chi connectivity index (χ4n) is 5.00. The smallest absolute Gasteiger partial charge is 0.316 e. The molecule has 2 atom stereocenters. The van der Waals surface area contributed by atoms with E-state index in [1.54, 1.807) is 31.6 Å². The van der Waals surface area contributed by atoms with E-state index < -0.39 is 22.0 Å². The summed E-state index contributed by atoms with van der Waals surface area (Å²) in [5.41, 5.74) is 2.86. The largest absolute Gasteiger partial charge is 0.458 e. The van der Waals surface area contributed by atoms with E-state index in [1.807, 2.05) is 36.5 Å². The maximum Gasteiger partial charge on any atom is 0.316 e. The number of benzene rings is 1. The van der Waals surface area contributed by atoms with Crippen molar-refractivity contribution in [2.45, 2.75) is 39.3 Å². The summed E-state index contributed by atoms with van der Waals surface area (Å²) >= 11 is 6.02. The minimum atomic E-state index is -3.84. The molecule has 3 aromatic heterocycles. The summed E-state index contributed by atoms with van der Waals surface area (Å²) in [5.74, 6) is -0.433. The number of sulfonamides is 1. The zero-order valence-corrected chi connectivity index (χ0v) is 25.8. The molecular formula is C28H31ClN8O5S. The third-order valence-corrected chi connectivity index (χ3v) is 7.75. The minimum Gasteiger partial charge on any atom is -0.458 e. The SMILES string of the molecule is Cc1cnc(O[C@@H]2CCN(c3nc4c([C@@H](C)Nc5ccc(Cl)nc5C(=O)NS(C)(=O)=O)cc(C)cc4c(=O)n3C)C2)nc1. The van der Waals surface area contributed by atoms with Gasteiger partial charge in [0.2, 0.25) is 16.0 Å². The van der Waals surface area contributed by atoms with Crippen LogP contribution in [0.2, 0.25) is 5.15 Å². The van der Waals surface area contributed by atoms with Crippen LogP contribution in [0.3, 0.4) is 0 Å². The normalized spacial score (nSPS) is 15.9. The summed E-state index contributed by atoms with van der Waals surface area (Å²) in [4.78, 5) is 45.8. The van der Waals surface area contributed by atoms with Gasteiger partial charge in [-0.3, -0.25) is 14.2 Å². The van der Waals surface area contributed by atoms with Gasteiger partial charge in [0.1, 0.15) is 11.3 Å². The Morgan fingerprint density at radius 3 is 2.56 bits per heavy atom. The number of carbonyl (C=O) groups is 1. The van der Waals surface area contributed by atoms with Gasteiger partial charge in [-0.15, -0.1) is 0 Å². The summed E-state index contributed by atoms with van der Waals surface area (Å²) < 4.78 is 32.8. The van der Waals surface area contributed by atoms with Gasteiger partial charge in [-0.25, -0.2) is 33.1 Å². The van der Waals surface area contributed by atoms with Crippen molar-refractivity contribution in [3.05, 3.63) is 74.6 Å². The molecule has 4 heterocycles. The number of nitrogens with zero attached hydrogens (tertiary/aromatic N) is 6. The molecule has 1 saturated heterocycles. The molecule has 0 unspecified atom stereocenters. The zero-order valence-electron chi connectivity index (χ0n) is 24.3. The lowest BCUT2D eigenvalue weighted by Crippen LogP contribution is -2.32. The highest BCUT2D eigenvalue weighted by molar-refractivity contribution is 7.89. The average Bonchev–Trinajstić information content (AvgIpc) is 3.40. The zero-order chi connectivity index (χ0) is 31.1. The van der Waals surface area contributed by atoms with Crippen molar-refractivity contribution in [3.8, 4) is 6.01 Å². The first kappa shape index (κ1) is 30.2. The van der Waals surface area contributed by atoms with Gasteiger partial charge in [0.25, 0.3) is 11.5 Å². The Kier molecular flexibility index (Phi) is 8.25. The Labute approximate surface area is 253 Å². The van der Waals surface area contributed by atoms with Gasteiger partial charge in [-0.05, 0) is 50.1 Å². The van der Waals surface area contributed by atoms with Crippen molar-refractivity contribution in [2.24, 2.45) is 7.05 Å². The van der Waals surface area contributed by atoms with E-state index in [1.165, 1.54) is 10.6 Å². The van der Waals surface area contributed by atoms with Gasteiger partial charge >= 0.3 is 6.01 Å². The molecule has 1 fully saturated rings. The Hall–Kier alpha value is -4.30. The molecule has 0 saturated carbocycles. The van der Waals surface area contributed by atoms with Crippen LogP contribution in [0.25, 0.3) is 10.9 Å². The monoisotopic (exact) mass is 626 g/mol. The highest BCUT2D eigenvalue weighted by Gasteiger charge is 2.29. The topological polar surface area (TPSA) is 161 Å². The lowest BCUT2D eigenvalue weighted by Gasteiger charge is -2.23. The quantitative estimate of drug-likeness (QED) is 0.277. The van der Waals surface area contributed by atoms with E-state index in [4.69, 9.17) is 21.3 Å². The molecule has 1 aliphatic rings. The van der Waals surface area contributed by atoms with Crippen LogP contribution in [0.1, 0.15) is 46.6 Å². The number of fused-ring (bicyclic) bond motifs is 1. The van der Waals surface area contributed by atoms with E-state index in [0.717, 1.165) is 17.4 Å². The first-order chi connectivity index (χ1) is 20.3. The number of rotatable bonds is 8. The number of amides is 1. The second-order valence-electron chi connectivity index (χ2n) is 10.6. The van der Waals surface area contributed by atoms with Crippen LogP contribution in [0.5, 0.6) is 6.01 Å². The lowest BCUT2D eigenvalue weighted by atomic mass is 10.0. The molecule has 2 N–H and O–H groups in total. The van der Waals surface area contributed by atoms with E-state index in [2.05, 4.69) is 20.3 Å². The van der Waals surface area contributed by atoms with Crippen LogP contribution in [-0.2, 0) is 17.1 Å². The number of aromatic nitrogens is 5. The second kappa shape index (κ2) is 11.8. The van der Waals surface area contributed by atoms with Crippen LogP contribution >= 0.6 is 11.6 Å². The third kappa shape index (κ3) is 6.70. The highest BCUT2D eigenvalue weighted by atomic mass is 35.5. The number of pyridine rings is 1. The van der Waals surface area contributed by atoms with E-state index in [9.17, 15) is 18.0 Å². The van der Waals surface area contributed by atoms with Crippen molar-refractivity contribution in [3.63, 3.8) is 0 Å². The number of anilines is 2. The Morgan fingerprint density at radius 2 is 1.86 bits per heavy atom. The first-order valence-electron chi connectivity index (χ1n) is 13.5. The molecule has 0 spiro atoms. The molecule has 43 heavy (non-hydrogen) atoms. The van der Waals surface area contributed by atoms with E-state index in [-0.39, 0.29) is 28.2 Å². The number of aryl methyl sites for hydroxylation is 2. The Balaban J connectivity index is 1.48. The molecule has 1 amide bonds. The number of hydrogen-bond donors (Lipinski definition) is 2. The van der Waals surface area contributed by atoms with Crippen LogP contribution in [0, 0.1) is 13.8 Å². The predicted molar refractivity (Wildman–Crippen MR) is 163 cm³/mol. The van der Waals surface area contributed by atoms with Crippen LogP contribution in [0.4, 0.5) is 11.6 Å². The lowest BCUT2D eigenvalue weighted by molar-refractivity contribution is 0.0977. The highest BCUT2D eigenvalue weighted by Crippen LogP contribution is 2.30. The van der Waals surface area contributed by atoms with Gasteiger partial charge in [-0.2, -0.15) is 0 Å². The minimum absolute atomic E-state index is 0.0227. The number of nitrogens with one attached hydrogen (secondary N) is 2. The van der Waals surface area contributed by atoms with Crippen LogP contribution in [0.15, 0.2) is 41.5 Å².